The number of rotatable bonds is 6. The summed E-state index contributed by atoms with van der Waals surface area (Å²) in [7, 11) is 0. The van der Waals surface area contributed by atoms with E-state index in [9.17, 15) is 4.79 Å². The Kier molecular flexibility index (Phi) is 6.57. The highest BCUT2D eigenvalue weighted by atomic mass is 16.6. The third-order valence-corrected chi connectivity index (χ3v) is 9.60. The van der Waals surface area contributed by atoms with Gasteiger partial charge in [-0.25, -0.2) is 14.8 Å². The van der Waals surface area contributed by atoms with Crippen LogP contribution in [0.4, 0.5) is 4.79 Å². The van der Waals surface area contributed by atoms with Crippen LogP contribution in [0, 0.1) is 5.92 Å². The maximum atomic E-state index is 13.6. The van der Waals surface area contributed by atoms with Crippen molar-refractivity contribution in [3.63, 3.8) is 0 Å². The smallest absolute Gasteiger partial charge is 0.410 e. The average Bonchev–Trinajstić information content (AvgIpc) is 3.00. The maximum Gasteiger partial charge on any atom is 0.410 e. The number of unbranched alkanes of at least 4 members (excludes halogenated alkanes) is 1. The molecular weight excluding hydrogens is 498 g/mol. The van der Waals surface area contributed by atoms with E-state index < -0.39 is 0 Å². The molecule has 7 rings (SSSR count). The molecule has 1 saturated carbocycles. The van der Waals surface area contributed by atoms with Gasteiger partial charge in [0.25, 0.3) is 0 Å². The highest BCUT2D eigenvalue weighted by Crippen LogP contribution is 2.57. The van der Waals surface area contributed by atoms with Crippen LogP contribution in [0.25, 0.3) is 22.1 Å². The van der Waals surface area contributed by atoms with Gasteiger partial charge in [0.1, 0.15) is 17.9 Å². The second kappa shape index (κ2) is 10.4. The van der Waals surface area contributed by atoms with Crippen molar-refractivity contribution in [3.05, 3.63) is 77.4 Å². The molecule has 2 aliphatic carbocycles. The van der Waals surface area contributed by atoms with Gasteiger partial charge in [0.15, 0.2) is 0 Å². The number of benzene rings is 3. The number of carbonyl (C=O) groups is 1. The summed E-state index contributed by atoms with van der Waals surface area (Å²) in [5.41, 5.74) is 7.26. The van der Waals surface area contributed by atoms with Gasteiger partial charge in [-0.1, -0.05) is 68.7 Å². The first-order chi connectivity index (χ1) is 19.7. The van der Waals surface area contributed by atoms with Crippen LogP contribution in [0.1, 0.15) is 68.6 Å². The number of hydrogen-bond acceptors (Lipinski definition) is 5. The Balaban J connectivity index is 1.32. The van der Waals surface area contributed by atoms with Gasteiger partial charge in [-0.3, -0.25) is 0 Å². The molecule has 4 aromatic rings. The summed E-state index contributed by atoms with van der Waals surface area (Å²) in [6.07, 6.45) is 8.34. The van der Waals surface area contributed by atoms with Crippen LogP contribution in [0.2, 0.25) is 0 Å². The molecule has 206 valence electrons. The first-order valence-corrected chi connectivity index (χ1v) is 15.0. The van der Waals surface area contributed by atoms with Crippen molar-refractivity contribution in [1.29, 1.82) is 0 Å². The molecule has 1 unspecified atom stereocenters. The Labute approximate surface area is 235 Å². The summed E-state index contributed by atoms with van der Waals surface area (Å²) in [6, 6.07) is 20.5. The molecule has 0 N–H and O–H groups in total. The minimum absolute atomic E-state index is 0.0388. The van der Waals surface area contributed by atoms with Gasteiger partial charge in [-0.15, -0.1) is 0 Å². The highest BCUT2D eigenvalue weighted by Gasteiger charge is 2.55. The van der Waals surface area contributed by atoms with Gasteiger partial charge in [0.2, 0.25) is 0 Å². The minimum atomic E-state index is -0.197. The lowest BCUT2D eigenvalue weighted by molar-refractivity contribution is -0.0134. The molecule has 0 spiro atoms. The largest absolute Gasteiger partial charge is 0.491 e. The Hall–Kier alpha value is -3.67. The number of piperidine rings is 1. The SMILES string of the molecule is CCCCOc1cc2c(c3nc4ccccc4nc13)C[C@H]1C3CCCC[C@@]23CCN1C(=O)OCc1ccccc1. The average molecular weight is 536 g/mol. The third-order valence-electron chi connectivity index (χ3n) is 9.60. The molecule has 6 heteroatoms. The first kappa shape index (κ1) is 25.3. The molecule has 3 atom stereocenters. The van der Waals surface area contributed by atoms with Crippen molar-refractivity contribution in [2.45, 2.75) is 76.4 Å². The van der Waals surface area contributed by atoms with Crippen LogP contribution >= 0.6 is 0 Å². The second-order valence-corrected chi connectivity index (χ2v) is 11.8. The molecule has 1 aliphatic heterocycles. The van der Waals surface area contributed by atoms with Crippen LogP contribution in [-0.2, 0) is 23.2 Å². The molecule has 3 aromatic carbocycles. The van der Waals surface area contributed by atoms with E-state index in [-0.39, 0.29) is 17.6 Å². The lowest BCUT2D eigenvalue weighted by Crippen LogP contribution is -2.62. The Morgan fingerprint density at radius 2 is 1.77 bits per heavy atom. The third kappa shape index (κ3) is 4.20. The molecule has 3 aliphatic rings. The van der Waals surface area contributed by atoms with Crippen molar-refractivity contribution in [2.75, 3.05) is 13.2 Å². The molecule has 1 saturated heterocycles. The van der Waals surface area contributed by atoms with E-state index in [1.54, 1.807) is 0 Å². The van der Waals surface area contributed by atoms with E-state index >= 15 is 0 Å². The zero-order chi connectivity index (χ0) is 27.1. The molecule has 1 amide bonds. The van der Waals surface area contributed by atoms with E-state index in [1.807, 2.05) is 59.5 Å². The zero-order valence-corrected chi connectivity index (χ0v) is 23.3. The Morgan fingerprint density at radius 1 is 1.00 bits per heavy atom. The van der Waals surface area contributed by atoms with Crippen LogP contribution in [-0.4, -0.2) is 40.2 Å². The number of carbonyl (C=O) groups excluding carboxylic acids is 1. The summed E-state index contributed by atoms with van der Waals surface area (Å²) in [4.78, 5) is 25.9. The molecular formula is C34H37N3O3. The van der Waals surface area contributed by atoms with Crippen molar-refractivity contribution >= 4 is 28.2 Å². The van der Waals surface area contributed by atoms with E-state index in [0.717, 1.165) is 78.4 Å². The van der Waals surface area contributed by atoms with Crippen LogP contribution < -0.4 is 4.74 Å². The number of nitrogens with zero attached hydrogens (tertiary/aromatic N) is 3. The van der Waals surface area contributed by atoms with Gasteiger partial charge in [0.05, 0.1) is 23.2 Å². The van der Waals surface area contributed by atoms with Gasteiger partial charge in [-0.05, 0) is 72.9 Å². The summed E-state index contributed by atoms with van der Waals surface area (Å²) < 4.78 is 12.3. The topological polar surface area (TPSA) is 64.6 Å². The van der Waals surface area contributed by atoms with Crippen molar-refractivity contribution in [3.8, 4) is 5.75 Å². The fourth-order valence-electron chi connectivity index (χ4n) is 7.68. The van der Waals surface area contributed by atoms with Crippen molar-refractivity contribution < 1.29 is 14.3 Å². The Morgan fingerprint density at radius 3 is 2.58 bits per heavy atom. The Bertz CT molecular complexity index is 1550. The number of amides is 1. The summed E-state index contributed by atoms with van der Waals surface area (Å²) in [5, 5.41) is 0. The number of fused-ring (bicyclic) bond motifs is 4. The fourth-order valence-corrected chi connectivity index (χ4v) is 7.68. The lowest BCUT2D eigenvalue weighted by atomic mass is 9.52. The van der Waals surface area contributed by atoms with E-state index in [4.69, 9.17) is 19.4 Å². The van der Waals surface area contributed by atoms with Gasteiger partial charge >= 0.3 is 6.09 Å². The zero-order valence-electron chi connectivity index (χ0n) is 23.3. The van der Waals surface area contributed by atoms with Gasteiger partial charge in [-0.2, -0.15) is 0 Å². The molecule has 6 nitrogen and oxygen atoms in total. The summed E-state index contributed by atoms with van der Waals surface area (Å²) in [6.45, 7) is 3.89. The lowest BCUT2D eigenvalue weighted by Gasteiger charge is -2.58. The number of ether oxygens (including phenoxy) is 2. The fraction of sp³-hybridized carbons (Fsp3) is 0.441. The normalized spacial score (nSPS) is 23.5. The number of para-hydroxylation sites is 2. The van der Waals surface area contributed by atoms with Crippen LogP contribution in [0.3, 0.4) is 0 Å². The van der Waals surface area contributed by atoms with E-state index in [0.29, 0.717) is 19.1 Å². The molecule has 0 radical (unpaired) electrons. The van der Waals surface area contributed by atoms with Gasteiger partial charge in [0, 0.05) is 18.0 Å². The van der Waals surface area contributed by atoms with Gasteiger partial charge < -0.3 is 14.4 Å². The number of aromatic nitrogens is 2. The van der Waals surface area contributed by atoms with Crippen LogP contribution in [0.15, 0.2) is 60.7 Å². The number of hydrogen-bond donors (Lipinski definition) is 0. The molecule has 2 bridgehead atoms. The van der Waals surface area contributed by atoms with Crippen LogP contribution in [0.5, 0.6) is 5.75 Å². The molecule has 40 heavy (non-hydrogen) atoms. The maximum absolute atomic E-state index is 13.6. The summed E-state index contributed by atoms with van der Waals surface area (Å²) in [5.74, 6) is 1.28. The predicted octanol–water partition coefficient (Wildman–Crippen LogP) is 7.36. The predicted molar refractivity (Wildman–Crippen MR) is 157 cm³/mol. The van der Waals surface area contributed by atoms with E-state index in [1.165, 1.54) is 24.0 Å². The minimum Gasteiger partial charge on any atom is -0.491 e. The quantitative estimate of drug-likeness (QED) is 0.191. The summed E-state index contributed by atoms with van der Waals surface area (Å²) >= 11 is 0. The standard InChI is InChI=1S/C34H37N3O3/c1-2-3-19-39-30-21-26-24(31-32(30)36-28-15-8-7-14-27(28)35-31)20-29-25-13-9-10-16-34(25,26)17-18-37(29)33(38)40-22-23-11-5-4-6-12-23/h4-8,11-12,14-15,21,25,29H,2-3,9-10,13,16-20,22H2,1H3/t25?,29-,34-/m0/s1. The van der Waals surface area contributed by atoms with E-state index in [2.05, 4.69) is 13.0 Å². The molecule has 2 fully saturated rings. The molecule has 2 heterocycles. The first-order valence-electron chi connectivity index (χ1n) is 15.0. The highest BCUT2D eigenvalue weighted by molar-refractivity contribution is 5.93. The molecule has 1 aromatic heterocycles. The number of likely N-dealkylation sites (tertiary alicyclic amines) is 1. The van der Waals surface area contributed by atoms with Crippen molar-refractivity contribution in [1.82, 2.24) is 14.9 Å². The second-order valence-electron chi connectivity index (χ2n) is 11.8. The van der Waals surface area contributed by atoms with Crippen molar-refractivity contribution in [2.24, 2.45) is 5.92 Å². The monoisotopic (exact) mass is 535 g/mol.